The molecule has 0 saturated heterocycles. The molecule has 1 rings (SSSR count). The minimum Gasteiger partial charge on any atom is -0.480 e. The lowest BCUT2D eigenvalue weighted by Crippen LogP contribution is -2.49. The lowest BCUT2D eigenvalue weighted by Gasteiger charge is -2.32. The second-order valence-corrected chi connectivity index (χ2v) is 8.33. The topological polar surface area (TPSA) is 98.7 Å². The first-order valence-corrected chi connectivity index (χ1v) is 9.44. The van der Waals surface area contributed by atoms with E-state index in [1.165, 1.54) is 13.8 Å². The fourth-order valence-corrected chi connectivity index (χ4v) is 3.52. The van der Waals surface area contributed by atoms with Crippen molar-refractivity contribution in [1.29, 1.82) is 0 Å². The zero-order valence-electron chi connectivity index (χ0n) is 16.0. The Bertz CT molecular complexity index is 610. The number of carboxylic acid groups (broad SMARTS) is 1. The quantitative estimate of drug-likeness (QED) is 0.605. The SMILES string of the molecule is CC(=O)NCCN(CC(=O)NC(c1cccs1)C(C)(C)C)C(C)C(=O)O. The average molecular weight is 384 g/mol. The molecule has 0 bridgehead atoms. The molecular weight excluding hydrogens is 354 g/mol. The van der Waals surface area contributed by atoms with Crippen LogP contribution in [0.4, 0.5) is 0 Å². The van der Waals surface area contributed by atoms with Crippen molar-refractivity contribution in [2.24, 2.45) is 5.41 Å². The summed E-state index contributed by atoms with van der Waals surface area (Å²) in [7, 11) is 0. The van der Waals surface area contributed by atoms with E-state index in [1.807, 2.05) is 38.3 Å². The van der Waals surface area contributed by atoms with E-state index in [0.29, 0.717) is 0 Å². The molecule has 0 aliphatic heterocycles. The number of nitrogens with zero attached hydrogens (tertiary/aromatic N) is 1. The highest BCUT2D eigenvalue weighted by Crippen LogP contribution is 2.35. The number of thiophene rings is 1. The largest absolute Gasteiger partial charge is 0.480 e. The molecule has 2 unspecified atom stereocenters. The van der Waals surface area contributed by atoms with Crippen LogP contribution in [0.5, 0.6) is 0 Å². The summed E-state index contributed by atoms with van der Waals surface area (Å²) in [5.74, 6) is -1.44. The van der Waals surface area contributed by atoms with Gasteiger partial charge in [0.1, 0.15) is 6.04 Å². The van der Waals surface area contributed by atoms with Gasteiger partial charge in [0.15, 0.2) is 0 Å². The molecule has 2 atom stereocenters. The van der Waals surface area contributed by atoms with Crippen molar-refractivity contribution >= 4 is 29.1 Å². The molecule has 8 heteroatoms. The average Bonchev–Trinajstić information content (AvgIpc) is 3.03. The van der Waals surface area contributed by atoms with Gasteiger partial charge in [0, 0.05) is 24.9 Å². The van der Waals surface area contributed by atoms with Gasteiger partial charge in [-0.15, -0.1) is 11.3 Å². The molecule has 0 spiro atoms. The van der Waals surface area contributed by atoms with Gasteiger partial charge in [-0.25, -0.2) is 0 Å². The van der Waals surface area contributed by atoms with Crippen LogP contribution in [0.15, 0.2) is 17.5 Å². The van der Waals surface area contributed by atoms with E-state index >= 15 is 0 Å². The number of aliphatic carboxylic acids is 1. The number of nitrogens with one attached hydrogen (secondary N) is 2. The van der Waals surface area contributed by atoms with Crippen LogP contribution in [0.3, 0.4) is 0 Å². The summed E-state index contributed by atoms with van der Waals surface area (Å²) in [6, 6.07) is 2.93. The monoisotopic (exact) mass is 383 g/mol. The van der Waals surface area contributed by atoms with Crippen molar-refractivity contribution in [3.63, 3.8) is 0 Å². The molecule has 1 aromatic rings. The first-order valence-electron chi connectivity index (χ1n) is 8.56. The molecule has 146 valence electrons. The van der Waals surface area contributed by atoms with Gasteiger partial charge in [-0.1, -0.05) is 26.8 Å². The zero-order valence-corrected chi connectivity index (χ0v) is 16.9. The second-order valence-electron chi connectivity index (χ2n) is 7.35. The number of carbonyl (C=O) groups is 3. The maximum absolute atomic E-state index is 12.6. The Morgan fingerprint density at radius 1 is 1.31 bits per heavy atom. The first kappa shape index (κ1) is 22.1. The summed E-state index contributed by atoms with van der Waals surface area (Å²) in [6.45, 7) is 9.58. The molecule has 1 heterocycles. The van der Waals surface area contributed by atoms with Crippen LogP contribution in [-0.2, 0) is 14.4 Å². The molecule has 0 fully saturated rings. The highest BCUT2D eigenvalue weighted by molar-refractivity contribution is 7.10. The Kier molecular flexibility index (Phi) is 8.23. The van der Waals surface area contributed by atoms with Crippen LogP contribution >= 0.6 is 11.3 Å². The smallest absolute Gasteiger partial charge is 0.320 e. The number of amides is 2. The van der Waals surface area contributed by atoms with Gasteiger partial charge < -0.3 is 15.7 Å². The van der Waals surface area contributed by atoms with E-state index in [4.69, 9.17) is 0 Å². The van der Waals surface area contributed by atoms with E-state index in [2.05, 4.69) is 10.6 Å². The number of carbonyl (C=O) groups excluding carboxylic acids is 2. The highest BCUT2D eigenvalue weighted by atomic mass is 32.1. The number of rotatable bonds is 9. The van der Waals surface area contributed by atoms with Crippen LogP contribution in [-0.4, -0.2) is 53.5 Å². The molecule has 0 saturated carbocycles. The van der Waals surface area contributed by atoms with Crippen molar-refractivity contribution < 1.29 is 19.5 Å². The molecule has 26 heavy (non-hydrogen) atoms. The van der Waals surface area contributed by atoms with Crippen LogP contribution in [0, 0.1) is 5.41 Å². The molecule has 3 N–H and O–H groups in total. The van der Waals surface area contributed by atoms with Crippen molar-refractivity contribution in [1.82, 2.24) is 15.5 Å². The zero-order chi connectivity index (χ0) is 19.9. The molecule has 0 aliphatic rings. The van der Waals surface area contributed by atoms with Gasteiger partial charge >= 0.3 is 5.97 Å². The van der Waals surface area contributed by atoms with Gasteiger partial charge in [0.05, 0.1) is 12.6 Å². The second kappa shape index (κ2) is 9.68. The van der Waals surface area contributed by atoms with Gasteiger partial charge in [0.25, 0.3) is 0 Å². The minimum absolute atomic E-state index is 0.0506. The van der Waals surface area contributed by atoms with Crippen LogP contribution in [0.1, 0.15) is 45.5 Å². The molecule has 1 aromatic heterocycles. The summed E-state index contributed by atoms with van der Waals surface area (Å²) in [4.78, 5) is 37.5. The van der Waals surface area contributed by atoms with Crippen LogP contribution in [0.25, 0.3) is 0 Å². The maximum atomic E-state index is 12.6. The van der Waals surface area contributed by atoms with Crippen molar-refractivity contribution in [2.45, 2.75) is 46.7 Å². The maximum Gasteiger partial charge on any atom is 0.320 e. The van der Waals surface area contributed by atoms with Gasteiger partial charge in [0.2, 0.25) is 11.8 Å². The van der Waals surface area contributed by atoms with E-state index < -0.39 is 12.0 Å². The minimum atomic E-state index is -1.01. The van der Waals surface area contributed by atoms with E-state index in [1.54, 1.807) is 16.2 Å². The van der Waals surface area contributed by atoms with E-state index in [9.17, 15) is 19.5 Å². The Hall–Kier alpha value is -1.93. The summed E-state index contributed by atoms with van der Waals surface area (Å²) in [5, 5.41) is 16.9. The van der Waals surface area contributed by atoms with Gasteiger partial charge in [-0.05, 0) is 23.8 Å². The van der Waals surface area contributed by atoms with E-state index in [0.717, 1.165) is 4.88 Å². The molecule has 0 aromatic carbocycles. The first-order chi connectivity index (χ1) is 12.0. The number of hydrogen-bond donors (Lipinski definition) is 3. The van der Waals surface area contributed by atoms with Crippen molar-refractivity contribution in [3.8, 4) is 0 Å². The van der Waals surface area contributed by atoms with Gasteiger partial charge in [-0.2, -0.15) is 0 Å². The normalized spacial score (nSPS) is 13.9. The Morgan fingerprint density at radius 2 is 1.96 bits per heavy atom. The predicted octanol–water partition coefficient (Wildman–Crippen LogP) is 1.86. The number of carboxylic acids is 1. The van der Waals surface area contributed by atoms with Crippen LogP contribution < -0.4 is 10.6 Å². The number of hydrogen-bond acceptors (Lipinski definition) is 5. The lowest BCUT2D eigenvalue weighted by molar-refractivity contribution is -0.143. The Morgan fingerprint density at radius 3 is 2.42 bits per heavy atom. The summed E-state index contributed by atoms with van der Waals surface area (Å²) in [5.41, 5.74) is -0.181. The molecule has 2 amide bonds. The standard InChI is InChI=1S/C18H29N3O4S/c1-12(17(24)25)21(9-8-19-13(2)22)11-15(23)20-16(18(3,4)5)14-7-6-10-26-14/h6-7,10,12,16H,8-9,11H2,1-5H3,(H,19,22)(H,20,23)(H,24,25). The third-order valence-corrected chi connectivity index (χ3v) is 4.96. The Balaban J connectivity index is 2.80. The molecular formula is C18H29N3O4S. The molecule has 0 radical (unpaired) electrons. The fourth-order valence-electron chi connectivity index (χ4n) is 2.50. The summed E-state index contributed by atoms with van der Waals surface area (Å²) in [6.07, 6.45) is 0. The Labute approximate surface area is 158 Å². The van der Waals surface area contributed by atoms with Crippen molar-refractivity contribution in [2.75, 3.05) is 19.6 Å². The van der Waals surface area contributed by atoms with Crippen LogP contribution in [0.2, 0.25) is 0 Å². The summed E-state index contributed by atoms with van der Waals surface area (Å²) >= 11 is 1.58. The summed E-state index contributed by atoms with van der Waals surface area (Å²) < 4.78 is 0. The third-order valence-electron chi connectivity index (χ3n) is 4.02. The van der Waals surface area contributed by atoms with E-state index in [-0.39, 0.29) is 42.9 Å². The third kappa shape index (κ3) is 7.13. The molecule has 7 nitrogen and oxygen atoms in total. The van der Waals surface area contributed by atoms with Crippen molar-refractivity contribution in [3.05, 3.63) is 22.4 Å². The lowest BCUT2D eigenvalue weighted by atomic mass is 9.85. The van der Waals surface area contributed by atoms with Gasteiger partial charge in [-0.3, -0.25) is 19.3 Å². The highest BCUT2D eigenvalue weighted by Gasteiger charge is 2.30. The molecule has 0 aliphatic carbocycles. The predicted molar refractivity (Wildman–Crippen MR) is 102 cm³/mol. The fraction of sp³-hybridized carbons (Fsp3) is 0.611.